The van der Waals surface area contributed by atoms with E-state index >= 15 is 0 Å². The molecule has 0 spiro atoms. The quantitative estimate of drug-likeness (QED) is 0.196. The Labute approximate surface area is 86.4 Å². The summed E-state index contributed by atoms with van der Waals surface area (Å²) in [4.78, 5) is 11.5. The average molecular weight is 210 g/mol. The third kappa shape index (κ3) is 2.18. The van der Waals surface area contributed by atoms with Crippen molar-refractivity contribution in [2.75, 3.05) is 5.73 Å². The van der Waals surface area contributed by atoms with Crippen molar-refractivity contribution >= 4 is 28.9 Å². The van der Waals surface area contributed by atoms with Gasteiger partial charge in [0.25, 0.3) is 5.91 Å². The van der Waals surface area contributed by atoms with E-state index in [1.54, 1.807) is 18.2 Å². The van der Waals surface area contributed by atoms with Crippen LogP contribution in [0.1, 0.15) is 10.4 Å². The van der Waals surface area contributed by atoms with Crippen LogP contribution in [0, 0.1) is 0 Å². The lowest BCUT2D eigenvalue weighted by Gasteiger charge is -2.13. The van der Waals surface area contributed by atoms with Gasteiger partial charge in [0, 0.05) is 11.3 Å². The number of nitrogens with two attached hydrogens (primary N) is 3. The number of amides is 1. The third-order valence-corrected chi connectivity index (χ3v) is 1.79. The average Bonchev–Trinajstić information content (AvgIpc) is 2.15. The molecule has 0 aliphatic rings. The summed E-state index contributed by atoms with van der Waals surface area (Å²) in [6.45, 7) is 0. The molecule has 74 valence electrons. The van der Waals surface area contributed by atoms with E-state index in [2.05, 4.69) is 12.2 Å². The van der Waals surface area contributed by atoms with Crippen LogP contribution in [0.3, 0.4) is 0 Å². The molecule has 0 bridgehead atoms. The summed E-state index contributed by atoms with van der Waals surface area (Å²) >= 11 is 4.55. The molecular formula is C8H10N4OS. The van der Waals surface area contributed by atoms with Crippen LogP contribution < -0.4 is 17.3 Å². The van der Waals surface area contributed by atoms with Gasteiger partial charge >= 0.3 is 0 Å². The van der Waals surface area contributed by atoms with Crippen molar-refractivity contribution < 1.29 is 4.79 Å². The van der Waals surface area contributed by atoms with Crippen molar-refractivity contribution in [2.45, 2.75) is 0 Å². The fraction of sp³-hybridized carbons (Fsp3) is 0. The van der Waals surface area contributed by atoms with Gasteiger partial charge in [-0.25, -0.2) is 10.9 Å². The largest absolute Gasteiger partial charge is 0.399 e. The fourth-order valence-electron chi connectivity index (χ4n) is 0.911. The predicted octanol–water partition coefficient (Wildman–Crippen LogP) is -0.172. The Kier molecular flexibility index (Phi) is 3.00. The van der Waals surface area contributed by atoms with E-state index in [1.165, 1.54) is 6.07 Å². The van der Waals surface area contributed by atoms with Gasteiger partial charge in [-0.3, -0.25) is 4.79 Å². The summed E-state index contributed by atoms with van der Waals surface area (Å²) in [5.41, 5.74) is 11.5. The van der Waals surface area contributed by atoms with Crippen molar-refractivity contribution in [1.82, 2.24) is 5.01 Å². The number of carbonyl (C=O) groups is 1. The lowest BCUT2D eigenvalue weighted by atomic mass is 10.2. The van der Waals surface area contributed by atoms with Crippen molar-refractivity contribution in [2.24, 2.45) is 11.6 Å². The third-order valence-electron chi connectivity index (χ3n) is 1.59. The molecule has 6 N–H and O–H groups in total. The van der Waals surface area contributed by atoms with Crippen LogP contribution in [0.5, 0.6) is 0 Å². The maximum absolute atomic E-state index is 11.5. The molecule has 0 heterocycles. The number of thiocarbonyl (C=S) groups is 1. The Hall–Kier alpha value is -1.66. The first kappa shape index (κ1) is 10.4. The van der Waals surface area contributed by atoms with E-state index in [0.29, 0.717) is 16.3 Å². The number of anilines is 1. The summed E-state index contributed by atoms with van der Waals surface area (Å²) in [6, 6.07) is 6.39. The Morgan fingerprint density at radius 1 is 1.43 bits per heavy atom. The van der Waals surface area contributed by atoms with Gasteiger partial charge < -0.3 is 11.5 Å². The van der Waals surface area contributed by atoms with E-state index in [4.69, 9.17) is 17.3 Å². The van der Waals surface area contributed by atoms with Gasteiger partial charge in [0.2, 0.25) is 0 Å². The standard InChI is InChI=1S/C8H10N4OS/c9-6-3-1-2-5(4-6)7(13)12(11)8(10)14/h1-4H,9,11H2,(H2,10,14). The molecule has 0 aliphatic heterocycles. The van der Waals surface area contributed by atoms with Crippen LogP contribution in [0.15, 0.2) is 24.3 Å². The molecule has 0 aromatic heterocycles. The molecule has 0 saturated carbocycles. The van der Waals surface area contributed by atoms with Crippen LogP contribution >= 0.6 is 12.2 Å². The van der Waals surface area contributed by atoms with Gasteiger partial charge in [-0.1, -0.05) is 6.07 Å². The zero-order valence-corrected chi connectivity index (χ0v) is 8.12. The minimum atomic E-state index is -0.482. The van der Waals surface area contributed by atoms with Crippen LogP contribution in [-0.4, -0.2) is 16.0 Å². The van der Waals surface area contributed by atoms with E-state index < -0.39 is 5.91 Å². The highest BCUT2D eigenvalue weighted by atomic mass is 32.1. The van der Waals surface area contributed by atoms with Gasteiger partial charge in [0.15, 0.2) is 5.11 Å². The van der Waals surface area contributed by atoms with E-state index in [1.807, 2.05) is 0 Å². The number of nitrogen functional groups attached to an aromatic ring is 1. The zero-order valence-electron chi connectivity index (χ0n) is 7.31. The molecule has 0 aliphatic carbocycles. The Morgan fingerprint density at radius 2 is 2.07 bits per heavy atom. The molecule has 5 nitrogen and oxygen atoms in total. The molecular weight excluding hydrogens is 200 g/mol. The smallest absolute Gasteiger partial charge is 0.274 e. The maximum atomic E-state index is 11.5. The molecule has 0 unspecified atom stereocenters. The number of carbonyl (C=O) groups excluding carboxylic acids is 1. The highest BCUT2D eigenvalue weighted by molar-refractivity contribution is 7.80. The Balaban J connectivity index is 2.95. The minimum Gasteiger partial charge on any atom is -0.399 e. The maximum Gasteiger partial charge on any atom is 0.274 e. The topological polar surface area (TPSA) is 98.4 Å². The number of hydrogen-bond acceptors (Lipinski definition) is 4. The zero-order chi connectivity index (χ0) is 10.7. The summed E-state index contributed by atoms with van der Waals surface area (Å²) < 4.78 is 0. The van der Waals surface area contributed by atoms with Crippen LogP contribution in [0.4, 0.5) is 5.69 Å². The van der Waals surface area contributed by atoms with Crippen molar-refractivity contribution in [3.63, 3.8) is 0 Å². The van der Waals surface area contributed by atoms with Gasteiger partial charge in [-0.2, -0.15) is 0 Å². The summed E-state index contributed by atoms with van der Waals surface area (Å²) in [7, 11) is 0. The predicted molar refractivity (Wildman–Crippen MR) is 58.0 cm³/mol. The molecule has 6 heteroatoms. The molecule has 1 rings (SSSR count). The van der Waals surface area contributed by atoms with Gasteiger partial charge in [0.05, 0.1) is 0 Å². The van der Waals surface area contributed by atoms with Crippen molar-refractivity contribution in [3.8, 4) is 0 Å². The molecule has 0 radical (unpaired) electrons. The second-order valence-electron chi connectivity index (χ2n) is 2.64. The second-order valence-corrected chi connectivity index (χ2v) is 3.06. The number of hydrazine groups is 1. The number of nitrogens with zero attached hydrogens (tertiary/aromatic N) is 1. The second kappa shape index (κ2) is 4.03. The first-order chi connectivity index (χ1) is 6.52. The molecule has 14 heavy (non-hydrogen) atoms. The molecule has 1 aromatic rings. The number of benzene rings is 1. The number of hydrogen-bond donors (Lipinski definition) is 3. The molecule has 1 amide bonds. The summed E-state index contributed by atoms with van der Waals surface area (Å²) in [5, 5.41) is 0.516. The van der Waals surface area contributed by atoms with E-state index in [-0.39, 0.29) is 5.11 Å². The highest BCUT2D eigenvalue weighted by Gasteiger charge is 2.13. The summed E-state index contributed by atoms with van der Waals surface area (Å²) in [5.74, 6) is 4.84. The SMILES string of the molecule is NC(=S)N(N)C(=O)c1cccc(N)c1. The van der Waals surface area contributed by atoms with Crippen LogP contribution in [0.25, 0.3) is 0 Å². The van der Waals surface area contributed by atoms with E-state index in [9.17, 15) is 4.79 Å². The Bertz CT molecular complexity index is 379. The van der Waals surface area contributed by atoms with Gasteiger partial charge in [0.1, 0.15) is 0 Å². The van der Waals surface area contributed by atoms with E-state index in [0.717, 1.165) is 0 Å². The monoisotopic (exact) mass is 210 g/mol. The lowest BCUT2D eigenvalue weighted by Crippen LogP contribution is -2.45. The first-order valence-electron chi connectivity index (χ1n) is 3.76. The van der Waals surface area contributed by atoms with Crippen molar-refractivity contribution in [3.05, 3.63) is 29.8 Å². The highest BCUT2D eigenvalue weighted by Crippen LogP contribution is 2.07. The normalized spacial score (nSPS) is 9.50. The van der Waals surface area contributed by atoms with Crippen molar-refractivity contribution in [1.29, 1.82) is 0 Å². The van der Waals surface area contributed by atoms with Gasteiger partial charge in [-0.05, 0) is 30.4 Å². The molecule has 0 atom stereocenters. The number of rotatable bonds is 1. The molecule has 0 fully saturated rings. The Morgan fingerprint density at radius 3 is 2.57 bits per heavy atom. The minimum absolute atomic E-state index is 0.183. The van der Waals surface area contributed by atoms with Crippen LogP contribution in [-0.2, 0) is 0 Å². The van der Waals surface area contributed by atoms with Crippen LogP contribution in [0.2, 0.25) is 0 Å². The fourth-order valence-corrected chi connectivity index (χ4v) is 0.994. The molecule has 0 saturated heterocycles. The van der Waals surface area contributed by atoms with Gasteiger partial charge in [-0.15, -0.1) is 0 Å². The first-order valence-corrected chi connectivity index (χ1v) is 4.17. The summed E-state index contributed by atoms with van der Waals surface area (Å²) in [6.07, 6.45) is 0. The lowest BCUT2D eigenvalue weighted by molar-refractivity contribution is 0.0848. The molecule has 1 aromatic carbocycles.